The van der Waals surface area contributed by atoms with Crippen LogP contribution in [0.25, 0.3) is 0 Å². The highest BCUT2D eigenvalue weighted by molar-refractivity contribution is 5.32. The molecule has 0 heterocycles. The Balaban J connectivity index is 1.98. The molecule has 1 aromatic rings. The number of rotatable bonds is 4. The van der Waals surface area contributed by atoms with Crippen molar-refractivity contribution in [2.24, 2.45) is 5.92 Å². The Morgan fingerprint density at radius 2 is 2.13 bits per heavy atom. The van der Waals surface area contributed by atoms with Gasteiger partial charge in [0.25, 0.3) is 0 Å². The van der Waals surface area contributed by atoms with Gasteiger partial charge in [0, 0.05) is 12.2 Å². The van der Waals surface area contributed by atoms with Gasteiger partial charge in [0.15, 0.2) is 0 Å². The Kier molecular flexibility index (Phi) is 2.56. The zero-order valence-corrected chi connectivity index (χ0v) is 9.59. The van der Waals surface area contributed by atoms with Crippen LogP contribution in [0.3, 0.4) is 0 Å². The van der Waals surface area contributed by atoms with E-state index in [1.54, 1.807) is 0 Å². The van der Waals surface area contributed by atoms with E-state index in [1.807, 2.05) is 6.92 Å². The summed E-state index contributed by atoms with van der Waals surface area (Å²) in [7, 11) is 0. The van der Waals surface area contributed by atoms with Crippen molar-refractivity contribution in [3.63, 3.8) is 0 Å². The van der Waals surface area contributed by atoms with Crippen LogP contribution in [0.5, 0.6) is 0 Å². The molecule has 0 spiro atoms. The van der Waals surface area contributed by atoms with Gasteiger partial charge in [-0.25, -0.2) is 0 Å². The normalized spacial score (nSPS) is 28.5. The molecule has 0 saturated heterocycles. The first kappa shape index (κ1) is 10.3. The molecule has 1 aliphatic carbocycles. The molecule has 1 heteroatoms. The average molecular weight is 201 g/mol. The summed E-state index contributed by atoms with van der Waals surface area (Å²) in [4.78, 5) is 0. The summed E-state index contributed by atoms with van der Waals surface area (Å²) in [6, 6.07) is 10.8. The fourth-order valence-corrected chi connectivity index (χ4v) is 2.22. The molecule has 0 aromatic heterocycles. The smallest absolute Gasteiger partial charge is 0.0180 e. The van der Waals surface area contributed by atoms with Crippen LogP contribution in [0.15, 0.2) is 42.6 Å². The van der Waals surface area contributed by atoms with E-state index in [0.717, 1.165) is 18.2 Å². The van der Waals surface area contributed by atoms with Crippen LogP contribution >= 0.6 is 0 Å². The highest BCUT2D eigenvalue weighted by atomic mass is 14.9. The maximum absolute atomic E-state index is 3.86. The van der Waals surface area contributed by atoms with Crippen molar-refractivity contribution in [2.45, 2.75) is 25.7 Å². The second-order valence-corrected chi connectivity index (χ2v) is 4.85. The van der Waals surface area contributed by atoms with Crippen molar-refractivity contribution in [1.29, 1.82) is 0 Å². The molecule has 1 fully saturated rings. The van der Waals surface area contributed by atoms with Crippen molar-refractivity contribution >= 4 is 0 Å². The molecule has 1 N–H and O–H groups in total. The number of benzene rings is 1. The first-order valence-electron chi connectivity index (χ1n) is 5.58. The molecule has 80 valence electrons. The van der Waals surface area contributed by atoms with Gasteiger partial charge in [0.05, 0.1) is 0 Å². The molecular formula is C14H19N. The molecule has 1 aromatic carbocycles. The maximum atomic E-state index is 3.86. The average Bonchev–Trinajstić information content (AvgIpc) is 2.90. The predicted molar refractivity (Wildman–Crippen MR) is 64.7 cm³/mol. The van der Waals surface area contributed by atoms with Crippen LogP contribution in [0.4, 0.5) is 0 Å². The third kappa shape index (κ3) is 2.06. The van der Waals surface area contributed by atoms with E-state index < -0.39 is 0 Å². The third-order valence-corrected chi connectivity index (χ3v) is 3.49. The molecule has 0 radical (unpaired) electrons. The molecule has 0 aliphatic heterocycles. The van der Waals surface area contributed by atoms with Crippen molar-refractivity contribution in [3.05, 3.63) is 48.2 Å². The molecule has 2 unspecified atom stereocenters. The molecule has 2 rings (SSSR count). The second-order valence-electron chi connectivity index (χ2n) is 4.85. The molecule has 2 atom stereocenters. The molecular weight excluding hydrogens is 182 g/mol. The van der Waals surface area contributed by atoms with Crippen LogP contribution < -0.4 is 5.32 Å². The minimum Gasteiger partial charge on any atom is -0.389 e. The van der Waals surface area contributed by atoms with Crippen molar-refractivity contribution in [3.8, 4) is 0 Å². The van der Waals surface area contributed by atoms with Crippen LogP contribution in [0.2, 0.25) is 0 Å². The maximum Gasteiger partial charge on any atom is 0.0180 e. The fraction of sp³-hybridized carbons (Fsp3) is 0.429. The van der Waals surface area contributed by atoms with Gasteiger partial charge in [-0.15, -0.1) is 0 Å². The summed E-state index contributed by atoms with van der Waals surface area (Å²) in [5.41, 5.74) is 2.93. The Morgan fingerprint density at radius 3 is 2.73 bits per heavy atom. The highest BCUT2D eigenvalue weighted by Gasteiger charge is 2.50. The van der Waals surface area contributed by atoms with E-state index in [9.17, 15) is 0 Å². The van der Waals surface area contributed by atoms with Gasteiger partial charge in [-0.3, -0.25) is 0 Å². The van der Waals surface area contributed by atoms with Crippen LogP contribution in [-0.2, 0) is 5.41 Å². The minimum absolute atomic E-state index is 0.393. The van der Waals surface area contributed by atoms with Crippen molar-refractivity contribution < 1.29 is 0 Å². The molecule has 1 nitrogen and oxygen atoms in total. The van der Waals surface area contributed by atoms with E-state index in [2.05, 4.69) is 49.2 Å². The standard InChI is InChI=1S/C14H19N/c1-11(2)15-10-13-9-14(13,3)12-7-5-4-6-8-12/h4-8,13,15H,1,9-10H2,2-3H3. The predicted octanol–water partition coefficient (Wildman–Crippen LogP) is 3.09. The van der Waals surface area contributed by atoms with Gasteiger partial charge in [-0.05, 0) is 30.2 Å². The van der Waals surface area contributed by atoms with E-state index in [-0.39, 0.29) is 0 Å². The number of nitrogens with one attached hydrogen (secondary N) is 1. The van der Waals surface area contributed by atoms with E-state index in [1.165, 1.54) is 12.0 Å². The molecule has 15 heavy (non-hydrogen) atoms. The lowest BCUT2D eigenvalue weighted by Gasteiger charge is -2.12. The van der Waals surface area contributed by atoms with Gasteiger partial charge in [0.1, 0.15) is 0 Å². The Hall–Kier alpha value is -1.24. The largest absolute Gasteiger partial charge is 0.389 e. The zero-order valence-electron chi connectivity index (χ0n) is 9.59. The second kappa shape index (κ2) is 3.73. The fourth-order valence-electron chi connectivity index (χ4n) is 2.22. The van der Waals surface area contributed by atoms with E-state index in [4.69, 9.17) is 0 Å². The van der Waals surface area contributed by atoms with Gasteiger partial charge in [-0.1, -0.05) is 43.8 Å². The lowest BCUT2D eigenvalue weighted by atomic mass is 9.95. The van der Waals surface area contributed by atoms with Gasteiger partial charge in [0.2, 0.25) is 0 Å². The summed E-state index contributed by atoms with van der Waals surface area (Å²) >= 11 is 0. The summed E-state index contributed by atoms with van der Waals surface area (Å²) in [6.07, 6.45) is 1.29. The molecule has 1 aliphatic rings. The molecule has 1 saturated carbocycles. The number of hydrogen-bond donors (Lipinski definition) is 1. The first-order chi connectivity index (χ1) is 7.13. The monoisotopic (exact) mass is 201 g/mol. The van der Waals surface area contributed by atoms with Gasteiger partial charge >= 0.3 is 0 Å². The summed E-state index contributed by atoms with van der Waals surface area (Å²) in [6.45, 7) is 9.29. The lowest BCUT2D eigenvalue weighted by molar-refractivity contribution is 0.619. The van der Waals surface area contributed by atoms with Gasteiger partial charge < -0.3 is 5.32 Å². The van der Waals surface area contributed by atoms with Crippen LogP contribution in [-0.4, -0.2) is 6.54 Å². The van der Waals surface area contributed by atoms with Gasteiger partial charge in [-0.2, -0.15) is 0 Å². The third-order valence-electron chi connectivity index (χ3n) is 3.49. The van der Waals surface area contributed by atoms with E-state index in [0.29, 0.717) is 5.41 Å². The van der Waals surface area contributed by atoms with Crippen molar-refractivity contribution in [2.75, 3.05) is 6.54 Å². The number of hydrogen-bond acceptors (Lipinski definition) is 1. The van der Waals surface area contributed by atoms with Crippen molar-refractivity contribution in [1.82, 2.24) is 5.32 Å². The molecule has 0 amide bonds. The summed E-state index contributed by atoms with van der Waals surface area (Å²) < 4.78 is 0. The first-order valence-corrected chi connectivity index (χ1v) is 5.58. The highest BCUT2D eigenvalue weighted by Crippen LogP contribution is 2.53. The Labute approximate surface area is 92.2 Å². The minimum atomic E-state index is 0.393. The summed E-state index contributed by atoms with van der Waals surface area (Å²) in [5, 5.41) is 3.34. The van der Waals surface area contributed by atoms with E-state index >= 15 is 0 Å². The number of allylic oxidation sites excluding steroid dienone is 1. The van der Waals surface area contributed by atoms with Crippen LogP contribution in [0, 0.1) is 5.92 Å². The zero-order chi connectivity index (χ0) is 10.9. The summed E-state index contributed by atoms with van der Waals surface area (Å²) in [5.74, 6) is 0.761. The lowest BCUT2D eigenvalue weighted by Crippen LogP contribution is -2.17. The molecule has 0 bridgehead atoms. The SMILES string of the molecule is C=C(C)NCC1CC1(C)c1ccccc1. The topological polar surface area (TPSA) is 12.0 Å². The Bertz CT molecular complexity index is 355. The Morgan fingerprint density at radius 1 is 1.47 bits per heavy atom. The van der Waals surface area contributed by atoms with Crippen LogP contribution in [0.1, 0.15) is 25.8 Å². The quantitative estimate of drug-likeness (QED) is 0.789.